The van der Waals surface area contributed by atoms with Gasteiger partial charge in [0.25, 0.3) is 0 Å². The molecule has 0 saturated carbocycles. The number of carboxylic acids is 1. The Labute approximate surface area is 87.8 Å². The first-order valence-electron chi connectivity index (χ1n) is 4.57. The number of rotatable bonds is 2. The minimum Gasteiger partial charge on any atom is -0.478 e. The van der Waals surface area contributed by atoms with Gasteiger partial charge in [-0.2, -0.15) is 0 Å². The van der Waals surface area contributed by atoms with Crippen molar-refractivity contribution in [2.24, 2.45) is 0 Å². The van der Waals surface area contributed by atoms with Gasteiger partial charge in [-0.3, -0.25) is 0 Å². The second-order valence-electron chi connectivity index (χ2n) is 3.17. The van der Waals surface area contributed by atoms with E-state index in [2.05, 4.69) is 6.07 Å². The molecule has 0 aliphatic carbocycles. The summed E-state index contributed by atoms with van der Waals surface area (Å²) in [4.78, 5) is 10.6. The Hall–Kier alpha value is -2.09. The van der Waals surface area contributed by atoms with Gasteiger partial charge in [0.05, 0.1) is 5.56 Å². The van der Waals surface area contributed by atoms with Gasteiger partial charge >= 0.3 is 5.97 Å². The highest BCUT2D eigenvalue weighted by atomic mass is 16.4. The molecule has 0 saturated heterocycles. The number of aromatic carboxylic acids is 1. The van der Waals surface area contributed by atoms with Crippen molar-refractivity contribution in [3.05, 3.63) is 60.2 Å². The van der Waals surface area contributed by atoms with Crippen LogP contribution in [0, 0.1) is 6.07 Å². The van der Waals surface area contributed by atoms with Crippen molar-refractivity contribution in [1.82, 2.24) is 0 Å². The Bertz CT molecular complexity index is 458. The van der Waals surface area contributed by atoms with E-state index in [4.69, 9.17) is 5.11 Å². The molecule has 0 fully saturated rings. The van der Waals surface area contributed by atoms with E-state index in [0.717, 1.165) is 11.1 Å². The van der Waals surface area contributed by atoms with Crippen molar-refractivity contribution < 1.29 is 9.90 Å². The smallest absolute Gasteiger partial charge is 0.335 e. The van der Waals surface area contributed by atoms with Crippen LogP contribution in [0.3, 0.4) is 0 Å². The fourth-order valence-electron chi connectivity index (χ4n) is 1.38. The molecule has 0 atom stereocenters. The van der Waals surface area contributed by atoms with E-state index in [-0.39, 0.29) is 0 Å². The molecule has 2 aromatic carbocycles. The van der Waals surface area contributed by atoms with E-state index < -0.39 is 5.97 Å². The zero-order valence-corrected chi connectivity index (χ0v) is 7.97. The first-order chi connectivity index (χ1) is 7.27. The lowest BCUT2D eigenvalue weighted by molar-refractivity contribution is 0.0697. The van der Waals surface area contributed by atoms with Crippen LogP contribution in [0.1, 0.15) is 10.4 Å². The fourth-order valence-corrected chi connectivity index (χ4v) is 1.38. The molecule has 2 heteroatoms. The van der Waals surface area contributed by atoms with Gasteiger partial charge in [0.2, 0.25) is 0 Å². The zero-order valence-electron chi connectivity index (χ0n) is 7.97. The highest BCUT2D eigenvalue weighted by molar-refractivity contribution is 5.88. The number of carbonyl (C=O) groups is 1. The van der Waals surface area contributed by atoms with Crippen LogP contribution in [0.4, 0.5) is 0 Å². The molecule has 15 heavy (non-hydrogen) atoms. The molecule has 0 bridgehead atoms. The lowest BCUT2D eigenvalue weighted by Crippen LogP contribution is -1.94. The maximum Gasteiger partial charge on any atom is 0.335 e. The minimum atomic E-state index is -0.900. The van der Waals surface area contributed by atoms with Crippen molar-refractivity contribution >= 4 is 5.97 Å². The van der Waals surface area contributed by atoms with E-state index in [1.54, 1.807) is 24.3 Å². The number of benzene rings is 2. The van der Waals surface area contributed by atoms with Gasteiger partial charge < -0.3 is 5.11 Å². The summed E-state index contributed by atoms with van der Waals surface area (Å²) < 4.78 is 0. The monoisotopic (exact) mass is 197 g/mol. The third-order valence-electron chi connectivity index (χ3n) is 2.18. The van der Waals surface area contributed by atoms with Crippen LogP contribution in [0.2, 0.25) is 0 Å². The quantitative estimate of drug-likeness (QED) is 0.803. The summed E-state index contributed by atoms with van der Waals surface area (Å²) >= 11 is 0. The van der Waals surface area contributed by atoms with Gasteiger partial charge in [0.1, 0.15) is 0 Å². The third-order valence-corrected chi connectivity index (χ3v) is 2.18. The molecule has 0 aliphatic heterocycles. The Kier molecular flexibility index (Phi) is 2.50. The summed E-state index contributed by atoms with van der Waals surface area (Å²) in [6.07, 6.45) is 0. The molecule has 0 spiro atoms. The Morgan fingerprint density at radius 3 is 2.00 bits per heavy atom. The maximum atomic E-state index is 10.6. The largest absolute Gasteiger partial charge is 0.478 e. The molecule has 1 radical (unpaired) electrons. The molecule has 2 nitrogen and oxygen atoms in total. The molecule has 1 N–H and O–H groups in total. The van der Waals surface area contributed by atoms with Gasteiger partial charge in [-0.15, -0.1) is 0 Å². The second-order valence-corrected chi connectivity index (χ2v) is 3.17. The molecular formula is C13H9O2. The van der Waals surface area contributed by atoms with Gasteiger partial charge in [-0.1, -0.05) is 36.4 Å². The molecule has 73 valence electrons. The van der Waals surface area contributed by atoms with Crippen molar-refractivity contribution in [2.45, 2.75) is 0 Å². The maximum absolute atomic E-state index is 10.6. The summed E-state index contributed by atoms with van der Waals surface area (Å²) in [5.74, 6) is -0.900. The highest BCUT2D eigenvalue weighted by Crippen LogP contribution is 2.18. The predicted octanol–water partition coefficient (Wildman–Crippen LogP) is 2.85. The van der Waals surface area contributed by atoms with Crippen molar-refractivity contribution in [1.29, 1.82) is 0 Å². The first-order valence-corrected chi connectivity index (χ1v) is 4.57. The summed E-state index contributed by atoms with van der Waals surface area (Å²) in [5.41, 5.74) is 2.38. The van der Waals surface area contributed by atoms with Crippen LogP contribution < -0.4 is 0 Å². The Morgan fingerprint density at radius 1 is 0.933 bits per heavy atom. The van der Waals surface area contributed by atoms with Crippen LogP contribution in [0.5, 0.6) is 0 Å². The van der Waals surface area contributed by atoms with Crippen LogP contribution in [-0.4, -0.2) is 11.1 Å². The van der Waals surface area contributed by atoms with Crippen LogP contribution >= 0.6 is 0 Å². The van der Waals surface area contributed by atoms with E-state index in [1.165, 1.54) is 0 Å². The Balaban J connectivity index is 2.36. The highest BCUT2D eigenvalue weighted by Gasteiger charge is 2.02. The molecule has 0 aromatic heterocycles. The van der Waals surface area contributed by atoms with Crippen molar-refractivity contribution in [2.75, 3.05) is 0 Å². The van der Waals surface area contributed by atoms with Crippen molar-refractivity contribution in [3.63, 3.8) is 0 Å². The van der Waals surface area contributed by atoms with Crippen LogP contribution in [0.25, 0.3) is 11.1 Å². The van der Waals surface area contributed by atoms with Crippen LogP contribution in [-0.2, 0) is 0 Å². The van der Waals surface area contributed by atoms with Crippen molar-refractivity contribution in [3.8, 4) is 11.1 Å². The molecule has 0 unspecified atom stereocenters. The zero-order chi connectivity index (χ0) is 10.7. The van der Waals surface area contributed by atoms with Gasteiger partial charge in [0.15, 0.2) is 0 Å². The lowest BCUT2D eigenvalue weighted by atomic mass is 10.0. The lowest BCUT2D eigenvalue weighted by Gasteiger charge is -2.01. The van der Waals surface area contributed by atoms with E-state index in [0.29, 0.717) is 5.56 Å². The average molecular weight is 197 g/mol. The normalized spacial score (nSPS) is 9.87. The molecule has 0 aliphatic rings. The summed E-state index contributed by atoms with van der Waals surface area (Å²) in [5, 5.41) is 8.74. The fraction of sp³-hybridized carbons (Fsp3) is 0. The summed E-state index contributed by atoms with van der Waals surface area (Å²) in [6, 6.07) is 17.3. The second kappa shape index (κ2) is 3.96. The number of hydrogen-bond donors (Lipinski definition) is 1. The summed E-state index contributed by atoms with van der Waals surface area (Å²) in [6.45, 7) is 0. The number of carboxylic acid groups (broad SMARTS) is 1. The standard InChI is InChI=1S/C13H9O2/c14-13(15)12-8-6-11(7-9-12)10-4-2-1-3-5-10/h2-9H,(H,14,15). The summed E-state index contributed by atoms with van der Waals surface area (Å²) in [7, 11) is 0. The SMILES string of the molecule is O=C(O)c1ccc(-c2cc[c]cc2)cc1. The average Bonchev–Trinajstić information content (AvgIpc) is 2.30. The van der Waals surface area contributed by atoms with Gasteiger partial charge in [0, 0.05) is 0 Å². The molecule has 0 heterocycles. The van der Waals surface area contributed by atoms with E-state index >= 15 is 0 Å². The molecule has 0 amide bonds. The predicted molar refractivity (Wildman–Crippen MR) is 57.7 cm³/mol. The molecule has 2 aromatic rings. The number of hydrogen-bond acceptors (Lipinski definition) is 1. The van der Waals surface area contributed by atoms with E-state index in [9.17, 15) is 4.79 Å². The van der Waals surface area contributed by atoms with E-state index in [1.807, 2.05) is 24.3 Å². The Morgan fingerprint density at radius 2 is 1.47 bits per heavy atom. The topological polar surface area (TPSA) is 37.3 Å². The first kappa shape index (κ1) is 9.46. The molecular weight excluding hydrogens is 188 g/mol. The molecule has 2 rings (SSSR count). The van der Waals surface area contributed by atoms with Crippen LogP contribution in [0.15, 0.2) is 48.5 Å². The third kappa shape index (κ3) is 2.05. The minimum absolute atomic E-state index is 0.307. The van der Waals surface area contributed by atoms with Gasteiger partial charge in [-0.05, 0) is 29.3 Å². The van der Waals surface area contributed by atoms with Gasteiger partial charge in [-0.25, -0.2) is 4.79 Å².